The van der Waals surface area contributed by atoms with Crippen molar-refractivity contribution in [2.45, 2.75) is 45.7 Å². The van der Waals surface area contributed by atoms with Crippen LogP contribution < -0.4 is 10.9 Å². The van der Waals surface area contributed by atoms with Crippen LogP contribution in [0.1, 0.15) is 49.2 Å². The third-order valence-electron chi connectivity index (χ3n) is 5.88. The average molecular weight is 393 g/mol. The summed E-state index contributed by atoms with van der Waals surface area (Å²) in [5.74, 6) is 0.475. The number of likely N-dealkylation sites (tertiary alicyclic amines) is 1. The summed E-state index contributed by atoms with van der Waals surface area (Å²) in [7, 11) is 0. The van der Waals surface area contributed by atoms with Crippen molar-refractivity contribution in [1.29, 1.82) is 0 Å². The van der Waals surface area contributed by atoms with Crippen molar-refractivity contribution < 1.29 is 9.59 Å². The summed E-state index contributed by atoms with van der Waals surface area (Å²) in [5.41, 5.74) is 3.23. The first-order valence-electron chi connectivity index (χ1n) is 10.2. The van der Waals surface area contributed by atoms with Crippen LogP contribution in [0.5, 0.6) is 0 Å². The van der Waals surface area contributed by atoms with Gasteiger partial charge in [-0.25, -0.2) is 0 Å². The Kier molecular flexibility index (Phi) is 5.03. The zero-order valence-electron chi connectivity index (χ0n) is 17.1. The van der Waals surface area contributed by atoms with E-state index in [1.807, 2.05) is 41.5 Å². The Balaban J connectivity index is 1.71. The Bertz CT molecular complexity index is 1020. The minimum Gasteiger partial charge on any atom is -0.350 e. The largest absolute Gasteiger partial charge is 0.350 e. The lowest BCUT2D eigenvalue weighted by molar-refractivity contribution is -0.131. The highest BCUT2D eigenvalue weighted by molar-refractivity contribution is 5.95. The van der Waals surface area contributed by atoms with E-state index in [0.717, 1.165) is 29.8 Å². The highest BCUT2D eigenvalue weighted by atomic mass is 16.2. The van der Waals surface area contributed by atoms with Gasteiger partial charge in [0.2, 0.25) is 5.91 Å². The Morgan fingerprint density at radius 1 is 1.07 bits per heavy atom. The molecule has 0 spiro atoms. The molecule has 0 unspecified atom stereocenters. The lowest BCUT2D eigenvalue weighted by Gasteiger charge is -2.42. The summed E-state index contributed by atoms with van der Waals surface area (Å²) in [5, 5.41) is 2.90. The van der Waals surface area contributed by atoms with E-state index >= 15 is 0 Å². The average Bonchev–Trinajstić information content (AvgIpc) is 2.68. The molecular formula is C23H27N3O3. The number of nitrogens with zero attached hydrogens (tertiary/aromatic N) is 2. The number of amides is 2. The maximum atomic E-state index is 12.9. The SMILES string of the molecule is CC(=O)N1C[C@@H]2C[C@H](C1)c1cc(-c3cccc(C(=O)NC(C)C)c3)cc(=O)n1C2. The molecule has 2 bridgehead atoms. The summed E-state index contributed by atoms with van der Waals surface area (Å²) in [6.07, 6.45) is 1.00. The van der Waals surface area contributed by atoms with Crippen LogP contribution >= 0.6 is 0 Å². The maximum absolute atomic E-state index is 12.9. The molecule has 29 heavy (non-hydrogen) atoms. The molecule has 4 rings (SSSR count). The predicted molar refractivity (Wildman–Crippen MR) is 112 cm³/mol. The van der Waals surface area contributed by atoms with E-state index in [2.05, 4.69) is 11.4 Å². The van der Waals surface area contributed by atoms with Crippen LogP contribution in [0.2, 0.25) is 0 Å². The van der Waals surface area contributed by atoms with Gasteiger partial charge >= 0.3 is 0 Å². The number of nitrogens with one attached hydrogen (secondary N) is 1. The minimum absolute atomic E-state index is 0.0134. The molecule has 1 aromatic heterocycles. The Labute approximate surface area is 170 Å². The second kappa shape index (κ2) is 7.50. The zero-order chi connectivity index (χ0) is 20.7. The molecule has 2 aliphatic heterocycles. The van der Waals surface area contributed by atoms with Gasteiger partial charge < -0.3 is 14.8 Å². The monoisotopic (exact) mass is 393 g/mol. The first kappa shape index (κ1) is 19.4. The van der Waals surface area contributed by atoms with E-state index in [-0.39, 0.29) is 29.3 Å². The van der Waals surface area contributed by atoms with Crippen LogP contribution in [0, 0.1) is 5.92 Å². The first-order chi connectivity index (χ1) is 13.8. The fourth-order valence-corrected chi connectivity index (χ4v) is 4.57. The molecular weight excluding hydrogens is 366 g/mol. The molecule has 2 aromatic rings. The van der Waals surface area contributed by atoms with E-state index in [0.29, 0.717) is 24.6 Å². The number of benzene rings is 1. The number of carbonyl (C=O) groups excluding carboxylic acids is 2. The lowest BCUT2D eigenvalue weighted by Crippen LogP contribution is -2.48. The summed E-state index contributed by atoms with van der Waals surface area (Å²) in [6.45, 7) is 7.50. The highest BCUT2D eigenvalue weighted by Crippen LogP contribution is 2.36. The van der Waals surface area contributed by atoms with E-state index < -0.39 is 0 Å². The van der Waals surface area contributed by atoms with Gasteiger partial charge in [0.25, 0.3) is 11.5 Å². The van der Waals surface area contributed by atoms with Crippen molar-refractivity contribution >= 4 is 11.8 Å². The van der Waals surface area contributed by atoms with Crippen LogP contribution in [0.25, 0.3) is 11.1 Å². The number of piperidine rings is 1. The Morgan fingerprint density at radius 3 is 2.59 bits per heavy atom. The number of pyridine rings is 1. The topological polar surface area (TPSA) is 71.4 Å². The maximum Gasteiger partial charge on any atom is 0.251 e. The van der Waals surface area contributed by atoms with Crippen molar-refractivity contribution in [3.63, 3.8) is 0 Å². The summed E-state index contributed by atoms with van der Waals surface area (Å²) >= 11 is 0. The molecule has 0 aliphatic carbocycles. The van der Waals surface area contributed by atoms with Gasteiger partial charge in [-0.05, 0) is 55.5 Å². The standard InChI is InChI=1S/C23H27N3O3/c1-14(2)24-23(29)18-6-4-5-17(8-18)19-9-21-20-7-16(11-25(13-20)15(3)27)12-26(21)22(28)10-19/h4-6,8-10,14,16,20H,7,11-13H2,1-3H3,(H,24,29)/t16-,20+/m0/s1. The Hall–Kier alpha value is -2.89. The summed E-state index contributed by atoms with van der Waals surface area (Å²) in [4.78, 5) is 39.0. The summed E-state index contributed by atoms with van der Waals surface area (Å²) in [6, 6.07) is 11.2. The van der Waals surface area contributed by atoms with Gasteiger partial charge in [0.05, 0.1) is 0 Å². The summed E-state index contributed by atoms with van der Waals surface area (Å²) < 4.78 is 1.87. The van der Waals surface area contributed by atoms with Crippen molar-refractivity contribution in [2.24, 2.45) is 5.92 Å². The molecule has 0 saturated carbocycles. The molecule has 3 heterocycles. The molecule has 6 nitrogen and oxygen atoms in total. The fourth-order valence-electron chi connectivity index (χ4n) is 4.57. The third kappa shape index (κ3) is 3.84. The van der Waals surface area contributed by atoms with Gasteiger partial charge in [-0.1, -0.05) is 12.1 Å². The normalized spacial score (nSPS) is 20.3. The van der Waals surface area contributed by atoms with Gasteiger partial charge in [-0.3, -0.25) is 14.4 Å². The molecule has 1 N–H and O–H groups in total. The van der Waals surface area contributed by atoms with Crippen LogP contribution in [0.15, 0.2) is 41.2 Å². The minimum atomic E-state index is -0.122. The van der Waals surface area contributed by atoms with Crippen molar-refractivity contribution in [3.05, 3.63) is 58.0 Å². The molecule has 6 heteroatoms. The fraction of sp³-hybridized carbons (Fsp3) is 0.435. The second-order valence-corrected chi connectivity index (χ2v) is 8.55. The first-order valence-corrected chi connectivity index (χ1v) is 10.2. The van der Waals surface area contributed by atoms with Crippen LogP contribution in [-0.2, 0) is 11.3 Å². The number of rotatable bonds is 3. The van der Waals surface area contributed by atoms with Crippen molar-refractivity contribution in [1.82, 2.24) is 14.8 Å². The Morgan fingerprint density at radius 2 is 1.86 bits per heavy atom. The van der Waals surface area contributed by atoms with Gasteiger partial charge in [0.15, 0.2) is 0 Å². The third-order valence-corrected chi connectivity index (χ3v) is 5.88. The van der Waals surface area contributed by atoms with E-state index in [9.17, 15) is 14.4 Å². The molecule has 2 atom stereocenters. The highest BCUT2D eigenvalue weighted by Gasteiger charge is 2.35. The quantitative estimate of drug-likeness (QED) is 0.871. The van der Waals surface area contributed by atoms with Gasteiger partial charge in [0.1, 0.15) is 0 Å². The molecule has 1 saturated heterocycles. The lowest BCUT2D eigenvalue weighted by atomic mass is 9.82. The number of fused-ring (bicyclic) bond motifs is 4. The number of hydrogen-bond acceptors (Lipinski definition) is 3. The van der Waals surface area contributed by atoms with Crippen molar-refractivity contribution in [2.75, 3.05) is 13.1 Å². The number of aromatic nitrogens is 1. The van der Waals surface area contributed by atoms with Gasteiger partial charge in [-0.15, -0.1) is 0 Å². The van der Waals surface area contributed by atoms with Gasteiger partial charge in [0, 0.05) is 55.8 Å². The van der Waals surface area contributed by atoms with Crippen LogP contribution in [0.3, 0.4) is 0 Å². The molecule has 1 fully saturated rings. The molecule has 2 aliphatic rings. The van der Waals surface area contributed by atoms with E-state index in [4.69, 9.17) is 0 Å². The van der Waals surface area contributed by atoms with Gasteiger partial charge in [-0.2, -0.15) is 0 Å². The van der Waals surface area contributed by atoms with Crippen molar-refractivity contribution in [3.8, 4) is 11.1 Å². The smallest absolute Gasteiger partial charge is 0.251 e. The number of carbonyl (C=O) groups is 2. The molecule has 2 amide bonds. The molecule has 0 radical (unpaired) electrons. The van der Waals surface area contributed by atoms with Crippen LogP contribution in [-0.4, -0.2) is 40.4 Å². The molecule has 152 valence electrons. The number of hydrogen-bond donors (Lipinski definition) is 1. The molecule has 1 aromatic carbocycles. The van der Waals surface area contributed by atoms with E-state index in [1.165, 1.54) is 0 Å². The zero-order valence-corrected chi connectivity index (χ0v) is 17.1. The van der Waals surface area contributed by atoms with Crippen LogP contribution in [0.4, 0.5) is 0 Å². The predicted octanol–water partition coefficient (Wildman–Crippen LogP) is 2.62. The van der Waals surface area contributed by atoms with E-state index in [1.54, 1.807) is 19.1 Å². The second-order valence-electron chi connectivity index (χ2n) is 8.55.